The number of aryl methyl sites for hydroxylation is 1. The molecule has 35 heavy (non-hydrogen) atoms. The van der Waals surface area contributed by atoms with E-state index in [0.29, 0.717) is 22.1 Å². The maximum atomic E-state index is 13.3. The molecule has 0 radical (unpaired) electrons. The van der Waals surface area contributed by atoms with Gasteiger partial charge in [0.1, 0.15) is 0 Å². The molecule has 0 saturated heterocycles. The summed E-state index contributed by atoms with van der Waals surface area (Å²) in [6.45, 7) is 1.52. The Morgan fingerprint density at radius 3 is 2.29 bits per heavy atom. The first-order chi connectivity index (χ1) is 16.7. The minimum atomic E-state index is -3.98. The molecule has 0 bridgehead atoms. The van der Waals surface area contributed by atoms with Crippen molar-refractivity contribution in [3.63, 3.8) is 0 Å². The highest BCUT2D eigenvalue weighted by molar-refractivity contribution is 7.89. The predicted molar refractivity (Wildman–Crippen MR) is 136 cm³/mol. The number of amides is 1. The Bertz CT molecular complexity index is 1290. The van der Waals surface area contributed by atoms with Crippen molar-refractivity contribution in [3.05, 3.63) is 88.4 Å². The second-order valence-electron chi connectivity index (χ2n) is 7.62. The van der Waals surface area contributed by atoms with Gasteiger partial charge in [0.2, 0.25) is 10.0 Å². The van der Waals surface area contributed by atoms with Crippen LogP contribution in [0.15, 0.2) is 76.7 Å². The summed E-state index contributed by atoms with van der Waals surface area (Å²) in [4.78, 5) is 12.7. The molecule has 0 aliphatic carbocycles. The molecule has 3 rings (SSSR count). The van der Waals surface area contributed by atoms with E-state index in [1.165, 1.54) is 44.7 Å². The van der Waals surface area contributed by atoms with Crippen LogP contribution in [0.5, 0.6) is 11.5 Å². The summed E-state index contributed by atoms with van der Waals surface area (Å²) in [5, 5.41) is 4.36. The van der Waals surface area contributed by atoms with E-state index in [2.05, 4.69) is 10.5 Å². The lowest BCUT2D eigenvalue weighted by Crippen LogP contribution is -2.39. The largest absolute Gasteiger partial charge is 0.493 e. The van der Waals surface area contributed by atoms with E-state index in [4.69, 9.17) is 21.1 Å². The lowest BCUT2D eigenvalue weighted by atomic mass is 10.1. The zero-order valence-corrected chi connectivity index (χ0v) is 21.1. The highest BCUT2D eigenvalue weighted by Gasteiger charge is 2.27. The van der Waals surface area contributed by atoms with Crippen LogP contribution in [0.2, 0.25) is 5.02 Å². The SMILES string of the molecule is COc1ccc(/C=N\NC(=O)CN(Cc2ccc(C)cc2)S(=O)(=O)c2ccc(Cl)cc2)cc1OC. The van der Waals surface area contributed by atoms with Crippen LogP contribution in [0.25, 0.3) is 0 Å². The summed E-state index contributed by atoms with van der Waals surface area (Å²) in [5.74, 6) is 0.486. The fourth-order valence-electron chi connectivity index (χ4n) is 3.19. The maximum Gasteiger partial charge on any atom is 0.255 e. The minimum Gasteiger partial charge on any atom is -0.493 e. The average molecular weight is 516 g/mol. The number of sulfonamides is 1. The van der Waals surface area contributed by atoms with Crippen LogP contribution in [-0.4, -0.2) is 45.6 Å². The summed E-state index contributed by atoms with van der Waals surface area (Å²) >= 11 is 5.91. The molecule has 3 aromatic rings. The summed E-state index contributed by atoms with van der Waals surface area (Å²) in [6.07, 6.45) is 1.43. The van der Waals surface area contributed by atoms with Gasteiger partial charge in [0, 0.05) is 11.6 Å². The zero-order chi connectivity index (χ0) is 25.4. The van der Waals surface area contributed by atoms with Crippen LogP contribution < -0.4 is 14.9 Å². The predicted octanol–water partition coefficient (Wildman–Crippen LogP) is 4.01. The Labute approximate surface area is 210 Å². The minimum absolute atomic E-state index is 0.0120. The third kappa shape index (κ3) is 7.05. The first kappa shape index (κ1) is 26.2. The number of nitrogens with one attached hydrogen (secondary N) is 1. The lowest BCUT2D eigenvalue weighted by molar-refractivity contribution is -0.121. The lowest BCUT2D eigenvalue weighted by Gasteiger charge is -2.21. The quantitative estimate of drug-likeness (QED) is 0.325. The van der Waals surface area contributed by atoms with Gasteiger partial charge in [-0.1, -0.05) is 41.4 Å². The summed E-state index contributed by atoms with van der Waals surface area (Å²) < 4.78 is 38.2. The molecule has 0 fully saturated rings. The molecular weight excluding hydrogens is 490 g/mol. The standard InChI is InChI=1S/C25H26ClN3O5S/c1-18-4-6-19(7-5-18)16-29(35(31,32)22-11-9-21(26)10-12-22)17-25(30)28-27-15-20-8-13-23(33-2)24(14-20)34-3/h4-15H,16-17H2,1-3H3,(H,28,30)/b27-15-. The van der Waals surface area contributed by atoms with Gasteiger partial charge in [-0.05, 0) is 60.5 Å². The van der Waals surface area contributed by atoms with Crippen molar-refractivity contribution in [3.8, 4) is 11.5 Å². The van der Waals surface area contributed by atoms with Crippen LogP contribution in [0.1, 0.15) is 16.7 Å². The molecule has 0 heterocycles. The molecule has 3 aromatic carbocycles. The van der Waals surface area contributed by atoms with Crippen molar-refractivity contribution in [2.75, 3.05) is 20.8 Å². The van der Waals surface area contributed by atoms with Gasteiger partial charge in [-0.15, -0.1) is 0 Å². The number of hydrogen-bond acceptors (Lipinski definition) is 6. The fraction of sp³-hybridized carbons (Fsp3) is 0.200. The van der Waals surface area contributed by atoms with Gasteiger partial charge in [-0.25, -0.2) is 13.8 Å². The van der Waals surface area contributed by atoms with Gasteiger partial charge in [-0.3, -0.25) is 4.79 Å². The molecule has 1 N–H and O–H groups in total. The monoisotopic (exact) mass is 515 g/mol. The molecule has 0 spiro atoms. The second kappa shape index (κ2) is 11.8. The molecular formula is C25H26ClN3O5S. The molecule has 8 nitrogen and oxygen atoms in total. The number of carbonyl (C=O) groups excluding carboxylic acids is 1. The molecule has 0 atom stereocenters. The number of carbonyl (C=O) groups is 1. The number of halogens is 1. The smallest absolute Gasteiger partial charge is 0.255 e. The normalized spacial score (nSPS) is 11.6. The van der Waals surface area contributed by atoms with E-state index in [-0.39, 0.29) is 11.4 Å². The highest BCUT2D eigenvalue weighted by atomic mass is 35.5. The highest BCUT2D eigenvalue weighted by Crippen LogP contribution is 2.27. The van der Waals surface area contributed by atoms with Crippen LogP contribution in [0.4, 0.5) is 0 Å². The Balaban J connectivity index is 1.77. The number of methoxy groups -OCH3 is 2. The third-order valence-corrected chi connectivity index (χ3v) is 7.12. The third-order valence-electron chi connectivity index (χ3n) is 5.06. The zero-order valence-electron chi connectivity index (χ0n) is 19.6. The number of hydrogen-bond donors (Lipinski definition) is 1. The van der Waals surface area contributed by atoms with E-state index < -0.39 is 22.5 Å². The molecule has 0 aliphatic heterocycles. The molecule has 10 heteroatoms. The summed E-state index contributed by atoms with van der Waals surface area (Å²) in [7, 11) is -0.931. The van der Waals surface area contributed by atoms with Crippen molar-refractivity contribution in [1.29, 1.82) is 0 Å². The van der Waals surface area contributed by atoms with Crippen molar-refractivity contribution in [2.45, 2.75) is 18.4 Å². The van der Waals surface area contributed by atoms with Gasteiger partial charge in [-0.2, -0.15) is 9.41 Å². The number of nitrogens with zero attached hydrogens (tertiary/aromatic N) is 2. The molecule has 0 aromatic heterocycles. The van der Waals surface area contributed by atoms with Crippen LogP contribution in [0, 0.1) is 6.92 Å². The van der Waals surface area contributed by atoms with E-state index in [1.54, 1.807) is 18.2 Å². The fourth-order valence-corrected chi connectivity index (χ4v) is 4.70. The van der Waals surface area contributed by atoms with Crippen LogP contribution in [-0.2, 0) is 21.4 Å². The van der Waals surface area contributed by atoms with Crippen LogP contribution in [0.3, 0.4) is 0 Å². The van der Waals surface area contributed by atoms with E-state index in [0.717, 1.165) is 15.4 Å². The molecule has 184 valence electrons. The molecule has 0 aliphatic rings. The summed E-state index contributed by atoms with van der Waals surface area (Å²) in [5.41, 5.74) is 4.84. The average Bonchev–Trinajstić information content (AvgIpc) is 2.85. The molecule has 0 saturated carbocycles. The van der Waals surface area contributed by atoms with E-state index >= 15 is 0 Å². The number of hydrazone groups is 1. The Morgan fingerprint density at radius 1 is 1.00 bits per heavy atom. The van der Waals surface area contributed by atoms with Gasteiger partial charge in [0.05, 0.1) is 31.9 Å². The maximum absolute atomic E-state index is 13.3. The topological polar surface area (TPSA) is 97.3 Å². The number of rotatable bonds is 10. The Hall–Kier alpha value is -3.40. The van der Waals surface area contributed by atoms with Crippen molar-refractivity contribution < 1.29 is 22.7 Å². The molecule has 0 unspecified atom stereocenters. The number of benzene rings is 3. The van der Waals surface area contributed by atoms with Crippen molar-refractivity contribution >= 4 is 33.7 Å². The number of ether oxygens (including phenoxy) is 2. The summed E-state index contributed by atoms with van der Waals surface area (Å²) in [6, 6.07) is 18.4. The Kier molecular flexibility index (Phi) is 8.86. The van der Waals surface area contributed by atoms with Gasteiger partial charge >= 0.3 is 0 Å². The van der Waals surface area contributed by atoms with Crippen LogP contribution >= 0.6 is 11.6 Å². The van der Waals surface area contributed by atoms with E-state index in [9.17, 15) is 13.2 Å². The van der Waals surface area contributed by atoms with Gasteiger partial charge in [0.15, 0.2) is 11.5 Å². The van der Waals surface area contributed by atoms with Crippen molar-refractivity contribution in [1.82, 2.24) is 9.73 Å². The first-order valence-electron chi connectivity index (χ1n) is 10.6. The van der Waals surface area contributed by atoms with Gasteiger partial charge in [0.25, 0.3) is 5.91 Å². The molecule has 1 amide bonds. The first-order valence-corrected chi connectivity index (χ1v) is 12.4. The van der Waals surface area contributed by atoms with E-state index in [1.807, 2.05) is 31.2 Å². The second-order valence-corrected chi connectivity index (χ2v) is 9.99. The van der Waals surface area contributed by atoms with Gasteiger partial charge < -0.3 is 9.47 Å². The van der Waals surface area contributed by atoms with Crippen molar-refractivity contribution in [2.24, 2.45) is 5.10 Å². The Morgan fingerprint density at radius 2 is 1.66 bits per heavy atom.